The third-order valence-corrected chi connectivity index (χ3v) is 8.62. The van der Waals surface area contributed by atoms with E-state index in [-0.39, 0.29) is 12.5 Å². The molecular formula is C36H73NO3. The molecule has 0 radical (unpaired) electrons. The van der Waals surface area contributed by atoms with Gasteiger partial charge in [0, 0.05) is 6.42 Å². The molecule has 0 rings (SSSR count). The summed E-state index contributed by atoms with van der Waals surface area (Å²) >= 11 is 0. The first-order valence-electron chi connectivity index (χ1n) is 18.2. The molecule has 0 aliphatic carbocycles. The van der Waals surface area contributed by atoms with Crippen LogP contribution in [0.1, 0.15) is 206 Å². The average Bonchev–Trinajstić information content (AvgIpc) is 2.96. The maximum Gasteiger partial charge on any atom is 0.220 e. The van der Waals surface area contributed by atoms with Crippen molar-refractivity contribution < 1.29 is 15.0 Å². The molecule has 240 valence electrons. The first-order chi connectivity index (χ1) is 19.7. The Bertz CT molecular complexity index is 498. The van der Waals surface area contributed by atoms with E-state index in [0.717, 1.165) is 25.7 Å². The predicted molar refractivity (Wildman–Crippen MR) is 175 cm³/mol. The molecule has 3 N–H and O–H groups in total. The molecule has 0 heterocycles. The second-order valence-electron chi connectivity index (χ2n) is 12.7. The SMILES string of the molecule is CCCCCCCCCCCCCCCCCCC(O)C(CO)NC(=O)CCCCCCCCCCCCCC. The molecule has 0 spiro atoms. The summed E-state index contributed by atoms with van der Waals surface area (Å²) in [5.41, 5.74) is 0. The van der Waals surface area contributed by atoms with Crippen molar-refractivity contribution in [2.45, 2.75) is 219 Å². The molecule has 0 aliphatic rings. The maximum absolute atomic E-state index is 12.3. The molecule has 0 fully saturated rings. The van der Waals surface area contributed by atoms with Gasteiger partial charge in [0.15, 0.2) is 0 Å². The third-order valence-electron chi connectivity index (χ3n) is 8.62. The summed E-state index contributed by atoms with van der Waals surface area (Å²) in [6.07, 6.45) is 37.2. The summed E-state index contributed by atoms with van der Waals surface area (Å²) in [7, 11) is 0. The highest BCUT2D eigenvalue weighted by atomic mass is 16.3. The van der Waals surface area contributed by atoms with Crippen LogP contribution in [0.4, 0.5) is 0 Å². The molecule has 1 amide bonds. The van der Waals surface area contributed by atoms with Crippen LogP contribution in [0.15, 0.2) is 0 Å². The highest BCUT2D eigenvalue weighted by Crippen LogP contribution is 2.16. The summed E-state index contributed by atoms with van der Waals surface area (Å²) in [5, 5.41) is 23.0. The van der Waals surface area contributed by atoms with E-state index < -0.39 is 12.1 Å². The van der Waals surface area contributed by atoms with Gasteiger partial charge in [0.25, 0.3) is 0 Å². The van der Waals surface area contributed by atoms with E-state index in [2.05, 4.69) is 19.2 Å². The number of aliphatic hydroxyl groups is 2. The van der Waals surface area contributed by atoms with Crippen LogP contribution in [0.2, 0.25) is 0 Å². The lowest BCUT2D eigenvalue weighted by Crippen LogP contribution is -2.45. The minimum Gasteiger partial charge on any atom is -0.394 e. The highest BCUT2D eigenvalue weighted by molar-refractivity contribution is 5.76. The van der Waals surface area contributed by atoms with Gasteiger partial charge >= 0.3 is 0 Å². The molecule has 0 aromatic rings. The van der Waals surface area contributed by atoms with Gasteiger partial charge in [0.2, 0.25) is 5.91 Å². The van der Waals surface area contributed by atoms with Crippen molar-refractivity contribution >= 4 is 5.91 Å². The Hall–Kier alpha value is -0.610. The number of aliphatic hydroxyl groups excluding tert-OH is 2. The first kappa shape index (κ1) is 39.4. The van der Waals surface area contributed by atoms with Crippen LogP contribution in [0, 0.1) is 0 Å². The topological polar surface area (TPSA) is 69.6 Å². The van der Waals surface area contributed by atoms with Crippen molar-refractivity contribution in [3.63, 3.8) is 0 Å². The number of carbonyl (C=O) groups excluding carboxylic acids is 1. The molecule has 0 aromatic heterocycles. The quantitative estimate of drug-likeness (QED) is 0.0691. The van der Waals surface area contributed by atoms with Crippen molar-refractivity contribution in [2.75, 3.05) is 6.61 Å². The Morgan fingerprint density at radius 3 is 1.12 bits per heavy atom. The van der Waals surface area contributed by atoms with Gasteiger partial charge in [0.05, 0.1) is 18.8 Å². The van der Waals surface area contributed by atoms with Crippen molar-refractivity contribution in [1.82, 2.24) is 5.32 Å². The second-order valence-corrected chi connectivity index (χ2v) is 12.7. The van der Waals surface area contributed by atoms with Gasteiger partial charge in [0.1, 0.15) is 0 Å². The van der Waals surface area contributed by atoms with E-state index in [1.165, 1.54) is 154 Å². The standard InChI is InChI=1S/C36H73NO3/c1-3-5-7-9-11-13-15-17-18-19-20-21-23-25-27-29-31-35(39)34(33-38)37-36(40)32-30-28-26-24-22-16-14-12-10-8-6-4-2/h34-35,38-39H,3-33H2,1-2H3,(H,37,40). The molecule has 4 nitrogen and oxygen atoms in total. The fourth-order valence-corrected chi connectivity index (χ4v) is 5.77. The summed E-state index contributed by atoms with van der Waals surface area (Å²) in [6.45, 7) is 4.35. The second kappa shape index (κ2) is 32.9. The predicted octanol–water partition coefficient (Wildman–Crippen LogP) is 10.6. The van der Waals surface area contributed by atoms with Crippen LogP contribution < -0.4 is 5.32 Å². The molecule has 2 atom stereocenters. The highest BCUT2D eigenvalue weighted by Gasteiger charge is 2.19. The summed E-state index contributed by atoms with van der Waals surface area (Å²) in [4.78, 5) is 12.3. The number of unbranched alkanes of at least 4 members (excludes halogenated alkanes) is 26. The lowest BCUT2D eigenvalue weighted by Gasteiger charge is -2.22. The molecule has 40 heavy (non-hydrogen) atoms. The number of amides is 1. The van der Waals surface area contributed by atoms with E-state index in [0.29, 0.717) is 12.8 Å². The van der Waals surface area contributed by atoms with Gasteiger partial charge in [-0.05, 0) is 12.8 Å². The van der Waals surface area contributed by atoms with Crippen LogP contribution in [0.5, 0.6) is 0 Å². The average molecular weight is 568 g/mol. The van der Waals surface area contributed by atoms with Gasteiger partial charge in [-0.2, -0.15) is 0 Å². The summed E-state index contributed by atoms with van der Waals surface area (Å²) in [5.74, 6) is -0.0304. The third kappa shape index (κ3) is 28.9. The monoisotopic (exact) mass is 568 g/mol. The van der Waals surface area contributed by atoms with Gasteiger partial charge in [-0.15, -0.1) is 0 Å². The van der Waals surface area contributed by atoms with E-state index >= 15 is 0 Å². The fraction of sp³-hybridized carbons (Fsp3) is 0.972. The van der Waals surface area contributed by atoms with Gasteiger partial charge in [-0.3, -0.25) is 4.79 Å². The van der Waals surface area contributed by atoms with Crippen LogP contribution in [-0.4, -0.2) is 34.9 Å². The zero-order valence-electron chi connectivity index (χ0n) is 27.4. The Kier molecular flexibility index (Phi) is 32.4. The molecule has 0 bridgehead atoms. The normalized spacial score (nSPS) is 13.0. The van der Waals surface area contributed by atoms with Crippen molar-refractivity contribution in [3.8, 4) is 0 Å². The molecule has 0 saturated carbocycles. The smallest absolute Gasteiger partial charge is 0.220 e. The molecule has 4 heteroatoms. The number of rotatable bonds is 33. The minimum absolute atomic E-state index is 0.0304. The van der Waals surface area contributed by atoms with E-state index in [4.69, 9.17) is 0 Å². The number of carbonyl (C=O) groups is 1. The largest absolute Gasteiger partial charge is 0.394 e. The number of nitrogens with one attached hydrogen (secondary N) is 1. The Morgan fingerprint density at radius 1 is 0.500 bits per heavy atom. The van der Waals surface area contributed by atoms with Crippen molar-refractivity contribution in [1.29, 1.82) is 0 Å². The van der Waals surface area contributed by atoms with Gasteiger partial charge < -0.3 is 15.5 Å². The lowest BCUT2D eigenvalue weighted by molar-refractivity contribution is -0.123. The maximum atomic E-state index is 12.3. The van der Waals surface area contributed by atoms with Crippen LogP contribution in [0.3, 0.4) is 0 Å². The van der Waals surface area contributed by atoms with Gasteiger partial charge in [-0.25, -0.2) is 0 Å². The van der Waals surface area contributed by atoms with Crippen LogP contribution >= 0.6 is 0 Å². The Labute approximate surface area is 251 Å². The summed E-state index contributed by atoms with van der Waals surface area (Å²) < 4.78 is 0. The molecule has 2 unspecified atom stereocenters. The van der Waals surface area contributed by atoms with Crippen molar-refractivity contribution in [2.24, 2.45) is 0 Å². The zero-order chi connectivity index (χ0) is 29.4. The van der Waals surface area contributed by atoms with E-state index in [9.17, 15) is 15.0 Å². The Balaban J connectivity index is 3.52. The molecule has 0 aliphatic heterocycles. The summed E-state index contributed by atoms with van der Waals surface area (Å²) in [6, 6.07) is -0.527. The van der Waals surface area contributed by atoms with Crippen LogP contribution in [0.25, 0.3) is 0 Å². The molecular weight excluding hydrogens is 494 g/mol. The van der Waals surface area contributed by atoms with Crippen molar-refractivity contribution in [3.05, 3.63) is 0 Å². The first-order valence-corrected chi connectivity index (χ1v) is 18.2. The van der Waals surface area contributed by atoms with Crippen LogP contribution in [-0.2, 0) is 4.79 Å². The zero-order valence-corrected chi connectivity index (χ0v) is 27.4. The Morgan fingerprint density at radius 2 is 0.800 bits per heavy atom. The lowest BCUT2D eigenvalue weighted by atomic mass is 10.0. The molecule has 0 aromatic carbocycles. The molecule has 0 saturated heterocycles. The van der Waals surface area contributed by atoms with E-state index in [1.807, 2.05) is 0 Å². The number of hydrogen-bond donors (Lipinski definition) is 3. The van der Waals surface area contributed by atoms with Gasteiger partial charge in [-0.1, -0.05) is 187 Å². The fourth-order valence-electron chi connectivity index (χ4n) is 5.77. The minimum atomic E-state index is -0.650. The number of hydrogen-bond acceptors (Lipinski definition) is 3. The van der Waals surface area contributed by atoms with E-state index in [1.54, 1.807) is 0 Å².